The van der Waals surface area contributed by atoms with Gasteiger partial charge in [0, 0.05) is 30.9 Å². The monoisotopic (exact) mass is 407 g/mol. The van der Waals surface area contributed by atoms with Crippen LogP contribution in [-0.4, -0.2) is 29.9 Å². The van der Waals surface area contributed by atoms with Crippen LogP contribution in [0.3, 0.4) is 0 Å². The molecular weight excluding hydrogens is 385 g/mol. The number of urea groups is 1. The van der Waals surface area contributed by atoms with Crippen molar-refractivity contribution in [1.29, 1.82) is 0 Å². The molecule has 3 aromatic rings. The van der Waals surface area contributed by atoms with Crippen molar-refractivity contribution >= 4 is 17.6 Å². The molecule has 30 heavy (non-hydrogen) atoms. The number of nitrogens with zero attached hydrogens (tertiary/aromatic N) is 2. The fourth-order valence-electron chi connectivity index (χ4n) is 3.45. The van der Waals surface area contributed by atoms with Gasteiger partial charge in [-0.05, 0) is 60.5 Å². The van der Waals surface area contributed by atoms with Gasteiger partial charge in [-0.25, -0.2) is 9.18 Å². The van der Waals surface area contributed by atoms with Gasteiger partial charge in [-0.15, -0.1) is 0 Å². The number of halogens is 1. The zero-order valence-electron chi connectivity index (χ0n) is 16.4. The summed E-state index contributed by atoms with van der Waals surface area (Å²) >= 11 is 0. The van der Waals surface area contributed by atoms with Gasteiger partial charge in [-0.1, -0.05) is 12.1 Å². The van der Waals surface area contributed by atoms with Crippen LogP contribution in [0.25, 0.3) is 0 Å². The normalized spacial score (nSPS) is 14.1. The predicted octanol–water partition coefficient (Wildman–Crippen LogP) is 4.18. The van der Waals surface area contributed by atoms with Crippen LogP contribution in [0.15, 0.2) is 71.3 Å². The number of benzene rings is 2. The van der Waals surface area contributed by atoms with Crippen LogP contribution in [0.5, 0.6) is 0 Å². The van der Waals surface area contributed by atoms with E-state index in [2.05, 4.69) is 5.32 Å². The standard InChI is InChI=1S/C23H22FN3O3/c24-19-8-4-17(5-9-19)16-26-12-2-13-27(23(26)29)20-10-6-18(7-11-20)22(28)25-15-21-3-1-14-30-21/h1,3-11,14H,2,12-13,15-16H2,(H,25,28). The summed E-state index contributed by atoms with van der Waals surface area (Å²) in [7, 11) is 0. The summed E-state index contributed by atoms with van der Waals surface area (Å²) in [5.41, 5.74) is 2.14. The molecule has 1 aliphatic heterocycles. The van der Waals surface area contributed by atoms with Gasteiger partial charge in [-0.2, -0.15) is 0 Å². The van der Waals surface area contributed by atoms with E-state index >= 15 is 0 Å². The third-order valence-electron chi connectivity index (χ3n) is 5.04. The van der Waals surface area contributed by atoms with Crippen molar-refractivity contribution < 1.29 is 18.4 Å². The molecule has 1 fully saturated rings. The van der Waals surface area contributed by atoms with Crippen LogP contribution >= 0.6 is 0 Å². The lowest BCUT2D eigenvalue weighted by Gasteiger charge is -2.35. The number of nitrogens with one attached hydrogen (secondary N) is 1. The smallest absolute Gasteiger partial charge is 0.324 e. The first-order valence-corrected chi connectivity index (χ1v) is 9.82. The molecule has 0 radical (unpaired) electrons. The molecule has 2 heterocycles. The summed E-state index contributed by atoms with van der Waals surface area (Å²) in [6, 6.07) is 16.6. The molecule has 2 aromatic carbocycles. The van der Waals surface area contributed by atoms with Crippen molar-refractivity contribution in [1.82, 2.24) is 10.2 Å². The molecule has 0 bridgehead atoms. The highest BCUT2D eigenvalue weighted by Crippen LogP contribution is 2.22. The average Bonchev–Trinajstić information content (AvgIpc) is 3.29. The van der Waals surface area contributed by atoms with Gasteiger partial charge < -0.3 is 14.6 Å². The minimum Gasteiger partial charge on any atom is -0.467 e. The molecule has 1 aliphatic rings. The van der Waals surface area contributed by atoms with E-state index in [9.17, 15) is 14.0 Å². The summed E-state index contributed by atoms with van der Waals surface area (Å²) in [6.07, 6.45) is 2.39. The SMILES string of the molecule is O=C(NCc1ccco1)c1ccc(N2CCCN(Cc3ccc(F)cc3)C2=O)cc1. The van der Waals surface area contributed by atoms with E-state index in [1.807, 2.05) is 0 Å². The number of anilines is 1. The molecule has 0 unspecified atom stereocenters. The quantitative estimate of drug-likeness (QED) is 0.667. The molecule has 1 N–H and O–H groups in total. The molecule has 7 heteroatoms. The van der Waals surface area contributed by atoms with E-state index in [4.69, 9.17) is 4.42 Å². The van der Waals surface area contributed by atoms with Crippen molar-refractivity contribution in [2.45, 2.75) is 19.5 Å². The number of rotatable bonds is 6. The van der Waals surface area contributed by atoms with E-state index in [0.29, 0.717) is 37.5 Å². The molecule has 4 rings (SSSR count). The van der Waals surface area contributed by atoms with Gasteiger partial charge in [0.2, 0.25) is 0 Å². The number of furan rings is 1. The molecule has 0 atom stereocenters. The molecule has 0 aliphatic carbocycles. The maximum absolute atomic E-state index is 13.1. The minimum absolute atomic E-state index is 0.0967. The van der Waals surface area contributed by atoms with Crippen LogP contribution in [0.2, 0.25) is 0 Å². The number of carbonyl (C=O) groups excluding carboxylic acids is 2. The van der Waals surface area contributed by atoms with E-state index in [0.717, 1.165) is 17.7 Å². The summed E-state index contributed by atoms with van der Waals surface area (Å²) < 4.78 is 18.3. The molecule has 0 spiro atoms. The highest BCUT2D eigenvalue weighted by atomic mass is 19.1. The summed E-state index contributed by atoms with van der Waals surface area (Å²) in [6.45, 7) is 2.02. The Balaban J connectivity index is 1.39. The topological polar surface area (TPSA) is 65.8 Å². The lowest BCUT2D eigenvalue weighted by Crippen LogP contribution is -2.49. The molecule has 1 saturated heterocycles. The number of hydrogen-bond donors (Lipinski definition) is 1. The predicted molar refractivity (Wildman–Crippen MR) is 110 cm³/mol. The first-order valence-electron chi connectivity index (χ1n) is 9.82. The van der Waals surface area contributed by atoms with Crippen molar-refractivity contribution in [2.24, 2.45) is 0 Å². The molecule has 6 nitrogen and oxygen atoms in total. The summed E-state index contributed by atoms with van der Waals surface area (Å²) in [5.74, 6) is 0.180. The highest BCUT2D eigenvalue weighted by molar-refractivity contribution is 5.96. The van der Waals surface area contributed by atoms with E-state index in [-0.39, 0.29) is 17.8 Å². The Morgan fingerprint density at radius 3 is 2.50 bits per heavy atom. The van der Waals surface area contributed by atoms with Gasteiger partial charge in [0.15, 0.2) is 0 Å². The van der Waals surface area contributed by atoms with Gasteiger partial charge in [0.1, 0.15) is 11.6 Å². The fraction of sp³-hybridized carbons (Fsp3) is 0.217. The van der Waals surface area contributed by atoms with Crippen LogP contribution in [-0.2, 0) is 13.1 Å². The Morgan fingerprint density at radius 1 is 1.03 bits per heavy atom. The third kappa shape index (κ3) is 4.51. The van der Waals surface area contributed by atoms with E-state index in [1.54, 1.807) is 64.6 Å². The molecule has 3 amide bonds. The first kappa shape index (κ1) is 19.7. The number of amides is 3. The van der Waals surface area contributed by atoms with Gasteiger partial charge in [0.05, 0.1) is 12.8 Å². The molecule has 1 aromatic heterocycles. The third-order valence-corrected chi connectivity index (χ3v) is 5.04. The second-order valence-electron chi connectivity index (χ2n) is 7.14. The zero-order valence-corrected chi connectivity index (χ0v) is 16.4. The highest BCUT2D eigenvalue weighted by Gasteiger charge is 2.26. The average molecular weight is 407 g/mol. The van der Waals surface area contributed by atoms with Gasteiger partial charge in [0.25, 0.3) is 5.91 Å². The lowest BCUT2D eigenvalue weighted by molar-refractivity contribution is 0.0948. The van der Waals surface area contributed by atoms with E-state index < -0.39 is 0 Å². The Hall–Kier alpha value is -3.61. The van der Waals surface area contributed by atoms with Crippen LogP contribution in [0, 0.1) is 5.82 Å². The van der Waals surface area contributed by atoms with Gasteiger partial charge >= 0.3 is 6.03 Å². The summed E-state index contributed by atoms with van der Waals surface area (Å²) in [5, 5.41) is 2.80. The fourth-order valence-corrected chi connectivity index (χ4v) is 3.45. The Bertz CT molecular complexity index is 1000. The second-order valence-corrected chi connectivity index (χ2v) is 7.14. The Labute approximate surface area is 173 Å². The second kappa shape index (κ2) is 8.82. The van der Waals surface area contributed by atoms with Crippen LogP contribution in [0.4, 0.5) is 14.9 Å². The number of carbonyl (C=O) groups is 2. The van der Waals surface area contributed by atoms with Gasteiger partial charge in [-0.3, -0.25) is 9.69 Å². The zero-order chi connectivity index (χ0) is 20.9. The maximum atomic E-state index is 13.1. The van der Waals surface area contributed by atoms with Crippen molar-refractivity contribution in [3.05, 3.63) is 89.6 Å². The number of hydrogen-bond acceptors (Lipinski definition) is 3. The van der Waals surface area contributed by atoms with Crippen molar-refractivity contribution in [3.8, 4) is 0 Å². The molecule has 0 saturated carbocycles. The molecular formula is C23H22FN3O3. The summed E-state index contributed by atoms with van der Waals surface area (Å²) in [4.78, 5) is 28.7. The lowest BCUT2D eigenvalue weighted by atomic mass is 10.1. The van der Waals surface area contributed by atoms with Crippen LogP contribution in [0.1, 0.15) is 28.1 Å². The molecule has 154 valence electrons. The maximum Gasteiger partial charge on any atom is 0.324 e. The van der Waals surface area contributed by atoms with E-state index in [1.165, 1.54) is 12.1 Å². The van der Waals surface area contributed by atoms with Crippen molar-refractivity contribution in [2.75, 3.05) is 18.0 Å². The van der Waals surface area contributed by atoms with Crippen LogP contribution < -0.4 is 10.2 Å². The van der Waals surface area contributed by atoms with Crippen molar-refractivity contribution in [3.63, 3.8) is 0 Å². The minimum atomic E-state index is -0.293. The Kier molecular flexibility index (Phi) is 5.79. The first-order chi connectivity index (χ1) is 14.6. The Morgan fingerprint density at radius 2 is 1.80 bits per heavy atom. The largest absolute Gasteiger partial charge is 0.467 e.